The molecular formula is C26H37NO4SSi. The summed E-state index contributed by atoms with van der Waals surface area (Å²) in [5, 5.41) is 0.0817. The van der Waals surface area contributed by atoms with E-state index in [2.05, 4.69) is 52.9 Å². The largest absolute Gasteiger partial charge is 0.497 e. The van der Waals surface area contributed by atoms with Crippen LogP contribution in [0.3, 0.4) is 0 Å². The first kappa shape index (κ1) is 25.7. The second-order valence-electron chi connectivity index (χ2n) is 10.1. The molecule has 2 unspecified atom stereocenters. The zero-order valence-corrected chi connectivity index (χ0v) is 22.9. The number of thioether (sulfide) groups is 1. The Hall–Kier alpha value is -1.96. The van der Waals surface area contributed by atoms with Crippen LogP contribution in [-0.4, -0.2) is 44.8 Å². The Bertz CT molecular complexity index is 961. The smallest absolute Gasteiger partial charge is 0.232 e. The average molecular weight is 488 g/mol. The van der Waals surface area contributed by atoms with E-state index in [0.29, 0.717) is 6.54 Å². The summed E-state index contributed by atoms with van der Waals surface area (Å²) in [6, 6.07) is 16.0. The molecule has 0 N–H and O–H groups in total. The standard InChI is InChI=1S/C26H37NO4SSi/c1-18(31-33(7,8)26(2,3)4)23-24(28)27(25(23)32-21-12-10-9-11-13-21)17-19-14-15-20(29-5)16-22(19)30-6/h9-16,18,23,25H,17H2,1-8H3/t18-,23?,25?/m1/s1. The van der Waals surface area contributed by atoms with Gasteiger partial charge in [0.05, 0.1) is 38.2 Å². The molecule has 33 heavy (non-hydrogen) atoms. The Kier molecular flexibility index (Phi) is 7.86. The Balaban J connectivity index is 1.86. The van der Waals surface area contributed by atoms with E-state index in [1.54, 1.807) is 26.0 Å². The van der Waals surface area contributed by atoms with Gasteiger partial charge in [0.2, 0.25) is 5.91 Å². The summed E-state index contributed by atoms with van der Waals surface area (Å²) < 4.78 is 17.6. The molecule has 5 nitrogen and oxygen atoms in total. The van der Waals surface area contributed by atoms with Crippen molar-refractivity contribution in [1.82, 2.24) is 4.90 Å². The van der Waals surface area contributed by atoms with Crippen LogP contribution in [0.15, 0.2) is 53.4 Å². The third-order valence-corrected chi connectivity index (χ3v) is 12.7. The predicted octanol–water partition coefficient (Wildman–Crippen LogP) is 6.19. The quantitative estimate of drug-likeness (QED) is 0.312. The van der Waals surface area contributed by atoms with Gasteiger partial charge in [-0.15, -0.1) is 11.8 Å². The number of rotatable bonds is 9. The molecule has 0 bridgehead atoms. The summed E-state index contributed by atoms with van der Waals surface area (Å²) in [5.41, 5.74) is 0.960. The highest BCUT2D eigenvalue weighted by Gasteiger charge is 2.52. The van der Waals surface area contributed by atoms with Gasteiger partial charge in [-0.05, 0) is 49.3 Å². The first-order valence-corrected chi connectivity index (χ1v) is 15.2. The molecule has 3 rings (SSSR count). The van der Waals surface area contributed by atoms with Crippen molar-refractivity contribution >= 4 is 26.0 Å². The molecule has 0 saturated carbocycles. The van der Waals surface area contributed by atoms with Crippen LogP contribution in [0.2, 0.25) is 18.1 Å². The van der Waals surface area contributed by atoms with Gasteiger partial charge in [-0.1, -0.05) is 39.0 Å². The average Bonchev–Trinajstić information content (AvgIpc) is 2.76. The fourth-order valence-corrected chi connectivity index (χ4v) is 6.62. The van der Waals surface area contributed by atoms with Crippen LogP contribution in [0.1, 0.15) is 33.3 Å². The lowest BCUT2D eigenvalue weighted by molar-refractivity contribution is -0.157. The minimum absolute atomic E-state index is 0.00789. The number of likely N-dealkylation sites (tertiary alicyclic amines) is 1. The molecule has 1 saturated heterocycles. The summed E-state index contributed by atoms with van der Waals surface area (Å²) in [6.07, 6.45) is -0.145. The van der Waals surface area contributed by atoms with E-state index in [-0.39, 0.29) is 28.3 Å². The number of methoxy groups -OCH3 is 2. The Morgan fingerprint density at radius 3 is 2.30 bits per heavy atom. The SMILES string of the molecule is COc1ccc(CN2C(=O)C([C@@H](C)O[Si](C)(C)C(C)(C)C)C2Sc2ccccc2)c(OC)c1. The van der Waals surface area contributed by atoms with Gasteiger partial charge in [-0.25, -0.2) is 0 Å². The molecule has 0 aliphatic carbocycles. The summed E-state index contributed by atoms with van der Waals surface area (Å²) in [4.78, 5) is 16.5. The molecule has 1 aliphatic heterocycles. The van der Waals surface area contributed by atoms with Crippen LogP contribution in [0.25, 0.3) is 0 Å². The number of amides is 1. The number of ether oxygens (including phenoxy) is 2. The molecule has 1 fully saturated rings. The first-order valence-electron chi connectivity index (χ1n) is 11.4. The third kappa shape index (κ3) is 5.58. The number of carbonyl (C=O) groups excluding carboxylic acids is 1. The van der Waals surface area contributed by atoms with Gasteiger partial charge in [0.25, 0.3) is 0 Å². The molecule has 2 aromatic rings. The molecule has 180 valence electrons. The monoisotopic (exact) mass is 487 g/mol. The van der Waals surface area contributed by atoms with Gasteiger partial charge >= 0.3 is 0 Å². The lowest BCUT2D eigenvalue weighted by Crippen LogP contribution is -2.63. The molecule has 1 heterocycles. The van der Waals surface area contributed by atoms with E-state index in [4.69, 9.17) is 13.9 Å². The van der Waals surface area contributed by atoms with Gasteiger partial charge in [0.1, 0.15) is 11.5 Å². The highest BCUT2D eigenvalue weighted by atomic mass is 32.2. The van der Waals surface area contributed by atoms with Crippen molar-refractivity contribution < 1.29 is 18.7 Å². The molecule has 0 radical (unpaired) electrons. The Morgan fingerprint density at radius 2 is 1.73 bits per heavy atom. The van der Waals surface area contributed by atoms with Gasteiger partial charge in [-0.3, -0.25) is 4.79 Å². The lowest BCUT2D eigenvalue weighted by Gasteiger charge is -2.51. The number of hydrogen-bond donors (Lipinski definition) is 0. The molecule has 1 amide bonds. The minimum atomic E-state index is -2.00. The van der Waals surface area contributed by atoms with Crippen LogP contribution in [-0.2, 0) is 15.8 Å². The summed E-state index contributed by atoms with van der Waals surface area (Å²) in [7, 11) is 1.28. The second kappa shape index (κ2) is 10.1. The van der Waals surface area contributed by atoms with E-state index >= 15 is 0 Å². The van der Waals surface area contributed by atoms with E-state index in [9.17, 15) is 4.79 Å². The fourth-order valence-electron chi connectivity index (χ4n) is 3.81. The zero-order valence-electron chi connectivity index (χ0n) is 21.0. The number of carbonyl (C=O) groups is 1. The van der Waals surface area contributed by atoms with Crippen molar-refractivity contribution in [3.63, 3.8) is 0 Å². The van der Waals surface area contributed by atoms with E-state index < -0.39 is 8.32 Å². The van der Waals surface area contributed by atoms with E-state index in [1.807, 2.05) is 41.3 Å². The van der Waals surface area contributed by atoms with Gasteiger partial charge in [0.15, 0.2) is 8.32 Å². The van der Waals surface area contributed by atoms with Gasteiger partial charge < -0.3 is 18.8 Å². The van der Waals surface area contributed by atoms with Gasteiger partial charge in [-0.2, -0.15) is 0 Å². The molecular weight excluding hydrogens is 450 g/mol. The van der Waals surface area contributed by atoms with E-state index in [0.717, 1.165) is 22.0 Å². The van der Waals surface area contributed by atoms with Crippen molar-refractivity contribution in [2.45, 2.75) is 68.7 Å². The van der Waals surface area contributed by atoms with E-state index in [1.165, 1.54) is 0 Å². The van der Waals surface area contributed by atoms with Gasteiger partial charge in [0, 0.05) is 16.5 Å². The fraction of sp³-hybridized carbons (Fsp3) is 0.500. The van der Waals surface area contributed by atoms with Crippen LogP contribution in [0.4, 0.5) is 0 Å². The predicted molar refractivity (Wildman–Crippen MR) is 137 cm³/mol. The highest BCUT2D eigenvalue weighted by molar-refractivity contribution is 8.00. The maximum absolute atomic E-state index is 13.4. The lowest BCUT2D eigenvalue weighted by atomic mass is 9.92. The number of nitrogens with zero attached hydrogens (tertiary/aromatic N) is 1. The maximum atomic E-state index is 13.4. The zero-order chi connectivity index (χ0) is 24.4. The van der Waals surface area contributed by atoms with Crippen molar-refractivity contribution in [3.05, 3.63) is 54.1 Å². The van der Waals surface area contributed by atoms with Crippen molar-refractivity contribution in [2.24, 2.45) is 5.92 Å². The topological polar surface area (TPSA) is 48.0 Å². The number of benzene rings is 2. The number of hydrogen-bond acceptors (Lipinski definition) is 5. The minimum Gasteiger partial charge on any atom is -0.497 e. The molecule has 1 aliphatic rings. The van der Waals surface area contributed by atoms with Crippen molar-refractivity contribution in [1.29, 1.82) is 0 Å². The maximum Gasteiger partial charge on any atom is 0.232 e. The van der Waals surface area contributed by atoms with Crippen molar-refractivity contribution in [3.8, 4) is 11.5 Å². The van der Waals surface area contributed by atoms with Crippen LogP contribution in [0.5, 0.6) is 11.5 Å². The Morgan fingerprint density at radius 1 is 1.06 bits per heavy atom. The van der Waals surface area contributed by atoms with Crippen LogP contribution in [0, 0.1) is 5.92 Å². The first-order chi connectivity index (χ1) is 15.5. The van der Waals surface area contributed by atoms with Crippen molar-refractivity contribution in [2.75, 3.05) is 14.2 Å². The normalized spacial score (nSPS) is 19.8. The van der Waals surface area contributed by atoms with Crippen LogP contribution >= 0.6 is 11.8 Å². The number of β-lactam (4-membered cyclic amide) rings is 1. The molecule has 3 atom stereocenters. The molecule has 7 heteroatoms. The Labute approximate surface area is 203 Å². The third-order valence-electron chi connectivity index (χ3n) is 6.81. The molecule has 0 aromatic heterocycles. The summed E-state index contributed by atoms with van der Waals surface area (Å²) >= 11 is 1.73. The highest BCUT2D eigenvalue weighted by Crippen LogP contribution is 2.45. The second-order valence-corrected chi connectivity index (χ2v) is 16.0. The summed E-state index contributed by atoms with van der Waals surface area (Å²) in [6.45, 7) is 13.7. The van der Waals surface area contributed by atoms with Crippen LogP contribution < -0.4 is 9.47 Å². The molecule has 2 aromatic carbocycles. The summed E-state index contributed by atoms with van der Waals surface area (Å²) in [5.74, 6) is 1.40. The molecule has 0 spiro atoms.